The Morgan fingerprint density at radius 2 is 2.14 bits per heavy atom. The SMILES string of the molecule is CC(C)=C/C=N/O. The van der Waals surface area contributed by atoms with Gasteiger partial charge in [0.1, 0.15) is 0 Å². The third kappa shape index (κ3) is 5.21. The Kier molecular flexibility index (Phi) is 3.02. The summed E-state index contributed by atoms with van der Waals surface area (Å²) in [5.41, 5.74) is 1.12. The highest BCUT2D eigenvalue weighted by atomic mass is 16.4. The van der Waals surface area contributed by atoms with Crippen molar-refractivity contribution < 1.29 is 5.21 Å². The Balaban J connectivity index is 3.46. The fraction of sp³-hybridized carbons (Fsp3) is 0.400. The fourth-order valence-electron chi connectivity index (χ4n) is 0.182. The summed E-state index contributed by atoms with van der Waals surface area (Å²) in [5, 5.41) is 10.6. The molecule has 0 radical (unpaired) electrons. The first-order chi connectivity index (χ1) is 3.27. The molecule has 0 aromatic rings. The standard InChI is InChI=1S/C5H9NO/c1-5(2)3-4-6-7/h3-4,7H,1-2H3/b6-4+. The van der Waals surface area contributed by atoms with Gasteiger partial charge in [-0.05, 0) is 19.9 Å². The Bertz CT molecular complexity index is 90.3. The average molecular weight is 99.1 g/mol. The third-order valence-corrected chi connectivity index (χ3v) is 0.475. The van der Waals surface area contributed by atoms with Gasteiger partial charge >= 0.3 is 0 Å². The van der Waals surface area contributed by atoms with Crippen LogP contribution in [0.1, 0.15) is 13.8 Å². The molecule has 0 saturated heterocycles. The summed E-state index contributed by atoms with van der Waals surface area (Å²) in [6.07, 6.45) is 3.06. The maximum atomic E-state index is 7.84. The molecule has 0 amide bonds. The lowest BCUT2D eigenvalue weighted by atomic mass is 10.3. The normalized spacial score (nSPS) is 9.43. The van der Waals surface area contributed by atoms with E-state index in [1.807, 2.05) is 13.8 Å². The maximum Gasteiger partial charge on any atom is 0.0660 e. The first-order valence-electron chi connectivity index (χ1n) is 2.08. The number of nitrogens with zero attached hydrogens (tertiary/aromatic N) is 1. The molecule has 0 rings (SSSR count). The molecule has 0 aliphatic rings. The van der Waals surface area contributed by atoms with Crippen LogP contribution >= 0.6 is 0 Å². The van der Waals surface area contributed by atoms with Crippen LogP contribution in [0.5, 0.6) is 0 Å². The zero-order valence-corrected chi connectivity index (χ0v) is 4.55. The van der Waals surface area contributed by atoms with E-state index in [9.17, 15) is 0 Å². The molecule has 0 saturated carbocycles. The van der Waals surface area contributed by atoms with Crippen molar-refractivity contribution in [3.8, 4) is 0 Å². The van der Waals surface area contributed by atoms with Crippen LogP contribution in [0.2, 0.25) is 0 Å². The van der Waals surface area contributed by atoms with Gasteiger partial charge in [0.25, 0.3) is 0 Å². The van der Waals surface area contributed by atoms with Crippen molar-refractivity contribution >= 4 is 6.21 Å². The second kappa shape index (κ2) is 3.40. The van der Waals surface area contributed by atoms with Crippen LogP contribution in [0.25, 0.3) is 0 Å². The van der Waals surface area contributed by atoms with Crippen molar-refractivity contribution in [2.45, 2.75) is 13.8 Å². The maximum absolute atomic E-state index is 7.84. The van der Waals surface area contributed by atoms with Gasteiger partial charge in [-0.1, -0.05) is 10.7 Å². The number of rotatable bonds is 1. The molecule has 7 heavy (non-hydrogen) atoms. The van der Waals surface area contributed by atoms with Gasteiger partial charge in [0, 0.05) is 0 Å². The molecule has 2 nitrogen and oxygen atoms in total. The molecule has 0 heterocycles. The first-order valence-corrected chi connectivity index (χ1v) is 2.08. The van der Waals surface area contributed by atoms with Crippen LogP contribution < -0.4 is 0 Å². The zero-order valence-electron chi connectivity index (χ0n) is 4.55. The van der Waals surface area contributed by atoms with Gasteiger partial charge in [0.05, 0.1) is 6.21 Å². The highest BCUT2D eigenvalue weighted by Gasteiger charge is 1.67. The molecule has 2 heteroatoms. The smallest absolute Gasteiger partial charge is 0.0660 e. The van der Waals surface area contributed by atoms with E-state index in [0.717, 1.165) is 5.57 Å². The van der Waals surface area contributed by atoms with Crippen LogP contribution in [0.3, 0.4) is 0 Å². The van der Waals surface area contributed by atoms with Gasteiger partial charge in [-0.15, -0.1) is 0 Å². The second-order valence-electron chi connectivity index (χ2n) is 1.51. The Hall–Kier alpha value is -0.790. The lowest BCUT2D eigenvalue weighted by Crippen LogP contribution is -1.65. The van der Waals surface area contributed by atoms with E-state index >= 15 is 0 Å². The highest BCUT2D eigenvalue weighted by molar-refractivity contribution is 5.71. The van der Waals surface area contributed by atoms with E-state index < -0.39 is 0 Å². The zero-order chi connectivity index (χ0) is 5.70. The summed E-state index contributed by atoms with van der Waals surface area (Å²) in [5.74, 6) is 0. The van der Waals surface area contributed by atoms with Gasteiger partial charge < -0.3 is 5.21 Å². The molecule has 0 spiro atoms. The number of hydrogen-bond acceptors (Lipinski definition) is 2. The lowest BCUT2D eigenvalue weighted by Gasteiger charge is -1.76. The molecule has 0 aliphatic carbocycles. The average Bonchev–Trinajstić information content (AvgIpc) is 1.61. The van der Waals surface area contributed by atoms with Gasteiger partial charge in [0.2, 0.25) is 0 Å². The Morgan fingerprint density at radius 3 is 2.29 bits per heavy atom. The quantitative estimate of drug-likeness (QED) is 0.301. The summed E-state index contributed by atoms with van der Waals surface area (Å²) in [6, 6.07) is 0. The van der Waals surface area contributed by atoms with Gasteiger partial charge in [-0.25, -0.2) is 0 Å². The lowest BCUT2D eigenvalue weighted by molar-refractivity contribution is 0.322. The number of oxime groups is 1. The van der Waals surface area contributed by atoms with E-state index in [1.54, 1.807) is 6.08 Å². The summed E-state index contributed by atoms with van der Waals surface area (Å²) in [4.78, 5) is 0. The molecule has 0 aromatic carbocycles. The van der Waals surface area contributed by atoms with E-state index in [-0.39, 0.29) is 0 Å². The molecule has 0 aliphatic heterocycles. The molecular weight excluding hydrogens is 90.1 g/mol. The van der Waals surface area contributed by atoms with E-state index in [4.69, 9.17) is 5.21 Å². The predicted molar refractivity (Wildman–Crippen MR) is 29.7 cm³/mol. The van der Waals surface area contributed by atoms with Crippen molar-refractivity contribution in [2.75, 3.05) is 0 Å². The molecule has 0 aromatic heterocycles. The molecule has 40 valence electrons. The van der Waals surface area contributed by atoms with Crippen molar-refractivity contribution in [3.05, 3.63) is 11.6 Å². The van der Waals surface area contributed by atoms with Crippen LogP contribution in [0.15, 0.2) is 16.8 Å². The van der Waals surface area contributed by atoms with Gasteiger partial charge in [-0.2, -0.15) is 0 Å². The van der Waals surface area contributed by atoms with E-state index in [0.29, 0.717) is 0 Å². The topological polar surface area (TPSA) is 32.6 Å². The molecule has 1 N–H and O–H groups in total. The second-order valence-corrected chi connectivity index (χ2v) is 1.51. The van der Waals surface area contributed by atoms with Crippen molar-refractivity contribution in [3.63, 3.8) is 0 Å². The minimum absolute atomic E-state index is 1.12. The molecule has 0 fully saturated rings. The fourth-order valence-corrected chi connectivity index (χ4v) is 0.182. The van der Waals surface area contributed by atoms with Crippen molar-refractivity contribution in [1.29, 1.82) is 0 Å². The molecule has 0 unspecified atom stereocenters. The van der Waals surface area contributed by atoms with Gasteiger partial charge in [0.15, 0.2) is 0 Å². The molecular formula is C5H9NO. The summed E-state index contributed by atoms with van der Waals surface area (Å²) < 4.78 is 0. The highest BCUT2D eigenvalue weighted by Crippen LogP contribution is 1.82. The molecule has 0 atom stereocenters. The largest absolute Gasteiger partial charge is 0.411 e. The van der Waals surface area contributed by atoms with Crippen LogP contribution in [-0.2, 0) is 0 Å². The van der Waals surface area contributed by atoms with Gasteiger partial charge in [-0.3, -0.25) is 0 Å². The first kappa shape index (κ1) is 6.21. The number of hydrogen-bond donors (Lipinski definition) is 1. The summed E-state index contributed by atoms with van der Waals surface area (Å²) in [6.45, 7) is 3.86. The summed E-state index contributed by atoms with van der Waals surface area (Å²) >= 11 is 0. The monoisotopic (exact) mass is 99.1 g/mol. The number of allylic oxidation sites excluding steroid dienone is 2. The third-order valence-electron chi connectivity index (χ3n) is 0.475. The van der Waals surface area contributed by atoms with E-state index in [1.165, 1.54) is 6.21 Å². The minimum Gasteiger partial charge on any atom is -0.411 e. The predicted octanol–water partition coefficient (Wildman–Crippen LogP) is 1.41. The van der Waals surface area contributed by atoms with Crippen LogP contribution in [0.4, 0.5) is 0 Å². The van der Waals surface area contributed by atoms with Crippen molar-refractivity contribution in [1.82, 2.24) is 0 Å². The van der Waals surface area contributed by atoms with Crippen molar-refractivity contribution in [2.24, 2.45) is 5.16 Å². The van der Waals surface area contributed by atoms with E-state index in [2.05, 4.69) is 5.16 Å². The Morgan fingerprint density at radius 1 is 1.57 bits per heavy atom. The Labute approximate surface area is 43.2 Å². The minimum atomic E-state index is 1.12. The van der Waals surface area contributed by atoms with Crippen LogP contribution in [-0.4, -0.2) is 11.4 Å². The molecule has 0 bridgehead atoms. The summed E-state index contributed by atoms with van der Waals surface area (Å²) in [7, 11) is 0. The van der Waals surface area contributed by atoms with Crippen LogP contribution in [0, 0.1) is 0 Å².